The van der Waals surface area contributed by atoms with E-state index in [0.717, 1.165) is 44.0 Å². The zero-order valence-corrected chi connectivity index (χ0v) is 15.8. The second-order valence-corrected chi connectivity index (χ2v) is 8.38. The summed E-state index contributed by atoms with van der Waals surface area (Å²) in [5.74, 6) is 3.08. The minimum absolute atomic E-state index is 0. The van der Waals surface area contributed by atoms with Gasteiger partial charge in [0.05, 0.1) is 12.7 Å². The molecule has 0 radical (unpaired) electrons. The maximum Gasteiger partial charge on any atom is 0.0900 e. The Morgan fingerprint density at radius 1 is 1.04 bits per heavy atom. The molecule has 23 heavy (non-hydrogen) atoms. The minimum Gasteiger partial charge on any atom is -0.389 e. The molecule has 4 rings (SSSR count). The number of rotatable bonds is 9. The third-order valence-electron chi connectivity index (χ3n) is 6.62. The highest BCUT2D eigenvalue weighted by Gasteiger charge is 2.50. The first kappa shape index (κ1) is 19.5. The van der Waals surface area contributed by atoms with Crippen molar-refractivity contribution in [1.82, 2.24) is 4.90 Å². The summed E-state index contributed by atoms with van der Waals surface area (Å²) in [6.07, 6.45) is 9.83. The Morgan fingerprint density at radius 3 is 2.04 bits per heavy atom. The van der Waals surface area contributed by atoms with Crippen molar-refractivity contribution in [2.75, 3.05) is 32.8 Å². The highest BCUT2D eigenvalue weighted by atomic mass is 35.5. The van der Waals surface area contributed by atoms with Crippen LogP contribution in [0.25, 0.3) is 0 Å². The summed E-state index contributed by atoms with van der Waals surface area (Å²) in [4.78, 5) is 2.26. The molecule has 4 aliphatic carbocycles. The van der Waals surface area contributed by atoms with Crippen LogP contribution in [0.2, 0.25) is 0 Å². The van der Waals surface area contributed by atoms with Crippen LogP contribution >= 0.6 is 12.4 Å². The van der Waals surface area contributed by atoms with E-state index in [1.54, 1.807) is 0 Å². The molecule has 4 bridgehead atoms. The van der Waals surface area contributed by atoms with Crippen molar-refractivity contribution >= 4 is 12.4 Å². The first-order chi connectivity index (χ1) is 10.6. The molecule has 1 unspecified atom stereocenters. The quantitative estimate of drug-likeness (QED) is 0.646. The molecule has 0 aromatic carbocycles. The fourth-order valence-corrected chi connectivity index (χ4v) is 5.94. The molecule has 136 valence electrons. The number of aliphatic hydroxyl groups is 1. The second-order valence-electron chi connectivity index (χ2n) is 8.38. The molecule has 3 nitrogen and oxygen atoms in total. The molecule has 0 spiro atoms. The molecule has 0 aromatic heterocycles. The van der Waals surface area contributed by atoms with Gasteiger partial charge in [-0.3, -0.25) is 0 Å². The van der Waals surface area contributed by atoms with E-state index in [-0.39, 0.29) is 18.5 Å². The molecule has 0 amide bonds. The van der Waals surface area contributed by atoms with Crippen molar-refractivity contribution < 1.29 is 9.84 Å². The van der Waals surface area contributed by atoms with Gasteiger partial charge in [-0.25, -0.2) is 0 Å². The molecular weight excluding hydrogens is 310 g/mol. The molecule has 0 aromatic rings. The Labute approximate surface area is 148 Å². The maximum absolute atomic E-state index is 10.1. The summed E-state index contributed by atoms with van der Waals surface area (Å²) in [6, 6.07) is 0. The van der Waals surface area contributed by atoms with Crippen LogP contribution < -0.4 is 0 Å². The zero-order valence-electron chi connectivity index (χ0n) is 15.0. The highest BCUT2D eigenvalue weighted by Crippen LogP contribution is 2.61. The number of ether oxygens (including phenoxy) is 1. The minimum atomic E-state index is -0.337. The smallest absolute Gasteiger partial charge is 0.0900 e. The third-order valence-corrected chi connectivity index (χ3v) is 6.62. The predicted molar refractivity (Wildman–Crippen MR) is 97.1 cm³/mol. The van der Waals surface area contributed by atoms with E-state index in [4.69, 9.17) is 4.74 Å². The molecule has 1 N–H and O–H groups in total. The van der Waals surface area contributed by atoms with Crippen LogP contribution in [-0.4, -0.2) is 49.0 Å². The number of hydrogen-bond acceptors (Lipinski definition) is 3. The van der Waals surface area contributed by atoms with Gasteiger partial charge in [-0.1, -0.05) is 13.8 Å². The van der Waals surface area contributed by atoms with Crippen LogP contribution in [-0.2, 0) is 4.74 Å². The van der Waals surface area contributed by atoms with E-state index in [2.05, 4.69) is 18.7 Å². The Kier molecular flexibility index (Phi) is 7.21. The molecule has 0 heterocycles. The Balaban J connectivity index is 0.00000192. The summed E-state index contributed by atoms with van der Waals surface area (Å²) in [5.41, 5.74) is 0.610. The first-order valence-electron chi connectivity index (χ1n) is 9.60. The topological polar surface area (TPSA) is 32.7 Å². The lowest BCUT2D eigenvalue weighted by Gasteiger charge is -2.57. The average Bonchev–Trinajstić information content (AvgIpc) is 2.48. The third kappa shape index (κ3) is 4.84. The summed E-state index contributed by atoms with van der Waals surface area (Å²) >= 11 is 0. The fourth-order valence-electron chi connectivity index (χ4n) is 5.94. The van der Waals surface area contributed by atoms with Gasteiger partial charge in [0.25, 0.3) is 0 Å². The van der Waals surface area contributed by atoms with Gasteiger partial charge in [-0.15, -0.1) is 12.4 Å². The molecule has 4 saturated carbocycles. The van der Waals surface area contributed by atoms with Gasteiger partial charge in [0.1, 0.15) is 0 Å². The molecule has 4 heteroatoms. The summed E-state index contributed by atoms with van der Waals surface area (Å²) < 4.78 is 5.85. The van der Waals surface area contributed by atoms with E-state index >= 15 is 0 Å². The van der Waals surface area contributed by atoms with Gasteiger partial charge in [-0.05, 0) is 81.2 Å². The summed E-state index contributed by atoms with van der Waals surface area (Å²) in [5, 5.41) is 10.1. The molecule has 0 saturated heterocycles. The van der Waals surface area contributed by atoms with Crippen LogP contribution in [0.1, 0.15) is 58.8 Å². The standard InChI is InChI=1S/C19H35NO2.ClH/c1-3-20(4-2)13-18(21)14-22-6-5-19-10-15-7-16(11-19)9-17(8-15)12-19;/h15-18,21H,3-14H2,1-2H3;1H. The van der Waals surface area contributed by atoms with Gasteiger partial charge >= 0.3 is 0 Å². The molecule has 4 aliphatic rings. The van der Waals surface area contributed by atoms with Crippen molar-refractivity contribution in [2.24, 2.45) is 23.2 Å². The highest BCUT2D eigenvalue weighted by molar-refractivity contribution is 5.85. The van der Waals surface area contributed by atoms with Gasteiger partial charge in [0, 0.05) is 13.2 Å². The Hall–Kier alpha value is 0.170. The Morgan fingerprint density at radius 2 is 1.57 bits per heavy atom. The van der Waals surface area contributed by atoms with Crippen molar-refractivity contribution in [3.05, 3.63) is 0 Å². The SMILES string of the molecule is CCN(CC)CC(O)COCCC12CC3CC(CC(C3)C1)C2.Cl. The predicted octanol–water partition coefficient (Wildman–Crippen LogP) is 3.73. The second kappa shape index (κ2) is 8.51. The van der Waals surface area contributed by atoms with Crippen molar-refractivity contribution in [3.63, 3.8) is 0 Å². The van der Waals surface area contributed by atoms with Gasteiger partial charge in [0.2, 0.25) is 0 Å². The van der Waals surface area contributed by atoms with Crippen LogP contribution in [0.15, 0.2) is 0 Å². The van der Waals surface area contributed by atoms with Gasteiger partial charge in [-0.2, -0.15) is 0 Å². The van der Waals surface area contributed by atoms with E-state index in [1.165, 1.54) is 44.9 Å². The number of halogens is 1. The molecule has 0 aliphatic heterocycles. The molecule has 4 fully saturated rings. The summed E-state index contributed by atoms with van der Waals surface area (Å²) in [6.45, 7) is 8.38. The van der Waals surface area contributed by atoms with E-state index in [1.807, 2.05) is 0 Å². The van der Waals surface area contributed by atoms with E-state index < -0.39 is 0 Å². The van der Waals surface area contributed by atoms with Crippen molar-refractivity contribution in [3.8, 4) is 0 Å². The normalized spacial score (nSPS) is 36.3. The monoisotopic (exact) mass is 345 g/mol. The van der Waals surface area contributed by atoms with E-state index in [9.17, 15) is 5.11 Å². The number of likely N-dealkylation sites (N-methyl/N-ethyl adjacent to an activating group) is 1. The lowest BCUT2D eigenvalue weighted by Crippen LogP contribution is -2.46. The fraction of sp³-hybridized carbons (Fsp3) is 1.00. The number of aliphatic hydroxyl groups excluding tert-OH is 1. The molecule has 1 atom stereocenters. The van der Waals surface area contributed by atoms with Crippen LogP contribution in [0.3, 0.4) is 0 Å². The van der Waals surface area contributed by atoms with E-state index in [0.29, 0.717) is 12.0 Å². The maximum atomic E-state index is 10.1. The summed E-state index contributed by atoms with van der Waals surface area (Å²) in [7, 11) is 0. The number of hydrogen-bond donors (Lipinski definition) is 1. The van der Waals surface area contributed by atoms with Gasteiger partial charge < -0.3 is 14.7 Å². The lowest BCUT2D eigenvalue weighted by molar-refractivity contribution is -0.0740. The van der Waals surface area contributed by atoms with Gasteiger partial charge in [0.15, 0.2) is 0 Å². The van der Waals surface area contributed by atoms with Crippen LogP contribution in [0, 0.1) is 23.2 Å². The van der Waals surface area contributed by atoms with Crippen LogP contribution in [0.5, 0.6) is 0 Å². The Bertz CT molecular complexity index is 324. The molecular formula is C19H36ClNO2. The average molecular weight is 346 g/mol. The van der Waals surface area contributed by atoms with Crippen LogP contribution in [0.4, 0.5) is 0 Å². The van der Waals surface area contributed by atoms with Crippen molar-refractivity contribution in [1.29, 1.82) is 0 Å². The van der Waals surface area contributed by atoms with Crippen molar-refractivity contribution in [2.45, 2.75) is 64.9 Å². The first-order valence-corrected chi connectivity index (χ1v) is 9.60. The zero-order chi connectivity index (χ0) is 15.6. The lowest BCUT2D eigenvalue weighted by atomic mass is 9.49. The number of nitrogens with zero attached hydrogens (tertiary/aromatic N) is 1. The largest absolute Gasteiger partial charge is 0.389 e.